The molecular formula is C16H26N4O. The van der Waals surface area contributed by atoms with Crippen molar-refractivity contribution in [1.82, 2.24) is 15.2 Å². The first-order valence-corrected chi connectivity index (χ1v) is 7.70. The van der Waals surface area contributed by atoms with Crippen LogP contribution in [0.4, 0.5) is 5.82 Å². The number of anilines is 1. The number of nitrogens with one attached hydrogen (secondary N) is 1. The Bertz CT molecular complexity index is 458. The van der Waals surface area contributed by atoms with Gasteiger partial charge in [0, 0.05) is 32.9 Å². The molecule has 1 aliphatic rings. The first-order chi connectivity index (χ1) is 10.1. The summed E-state index contributed by atoms with van der Waals surface area (Å²) < 4.78 is 0. The van der Waals surface area contributed by atoms with E-state index in [1.54, 1.807) is 6.20 Å². The number of hydrogen-bond donors (Lipinski definition) is 1. The lowest BCUT2D eigenvalue weighted by Crippen LogP contribution is -2.39. The fraction of sp³-hybridized carbons (Fsp3) is 0.625. The Labute approximate surface area is 127 Å². The number of nitrogens with zero attached hydrogens (tertiary/aromatic N) is 3. The number of likely N-dealkylation sites (tertiary alicyclic amines) is 1. The molecule has 1 saturated heterocycles. The van der Waals surface area contributed by atoms with Gasteiger partial charge in [-0.05, 0) is 45.0 Å². The fourth-order valence-electron chi connectivity index (χ4n) is 2.75. The minimum absolute atomic E-state index is 0.0359. The zero-order chi connectivity index (χ0) is 15.2. The summed E-state index contributed by atoms with van der Waals surface area (Å²) in [6.07, 6.45) is 6.50. The largest absolute Gasteiger partial charge is 0.363 e. The molecule has 1 N–H and O–H groups in total. The average molecular weight is 290 g/mol. The number of piperidine rings is 1. The zero-order valence-corrected chi connectivity index (χ0v) is 13.3. The molecule has 116 valence electrons. The number of rotatable bonds is 5. The van der Waals surface area contributed by atoms with E-state index in [2.05, 4.69) is 22.2 Å². The van der Waals surface area contributed by atoms with Gasteiger partial charge in [-0.2, -0.15) is 0 Å². The van der Waals surface area contributed by atoms with Gasteiger partial charge in [0.25, 0.3) is 5.91 Å². The highest BCUT2D eigenvalue weighted by atomic mass is 16.1. The van der Waals surface area contributed by atoms with Crippen LogP contribution in [-0.4, -0.2) is 56.1 Å². The summed E-state index contributed by atoms with van der Waals surface area (Å²) >= 11 is 0. The highest BCUT2D eigenvalue weighted by Gasteiger charge is 2.18. The maximum absolute atomic E-state index is 12.1. The van der Waals surface area contributed by atoms with Crippen LogP contribution in [0.3, 0.4) is 0 Å². The van der Waals surface area contributed by atoms with Crippen molar-refractivity contribution in [2.24, 2.45) is 0 Å². The molecule has 21 heavy (non-hydrogen) atoms. The molecule has 0 aliphatic carbocycles. The van der Waals surface area contributed by atoms with Crippen LogP contribution < -0.4 is 10.2 Å². The van der Waals surface area contributed by atoms with E-state index in [1.807, 2.05) is 31.1 Å². The molecule has 2 heterocycles. The summed E-state index contributed by atoms with van der Waals surface area (Å²) in [7, 11) is 6.04. The van der Waals surface area contributed by atoms with Gasteiger partial charge in [0.2, 0.25) is 0 Å². The molecule has 1 amide bonds. The molecule has 1 atom stereocenters. The minimum Gasteiger partial charge on any atom is -0.363 e. The van der Waals surface area contributed by atoms with E-state index in [9.17, 15) is 4.79 Å². The molecule has 0 saturated carbocycles. The summed E-state index contributed by atoms with van der Waals surface area (Å²) in [5.74, 6) is 0.821. The highest BCUT2D eigenvalue weighted by Crippen LogP contribution is 2.17. The Hall–Kier alpha value is -1.62. The van der Waals surface area contributed by atoms with Crippen LogP contribution in [0.25, 0.3) is 0 Å². The van der Waals surface area contributed by atoms with Gasteiger partial charge in [0.15, 0.2) is 0 Å². The van der Waals surface area contributed by atoms with Gasteiger partial charge in [-0.1, -0.05) is 6.42 Å². The van der Waals surface area contributed by atoms with Crippen molar-refractivity contribution >= 4 is 11.7 Å². The number of pyridine rings is 1. The Morgan fingerprint density at radius 2 is 2.24 bits per heavy atom. The fourth-order valence-corrected chi connectivity index (χ4v) is 2.75. The maximum Gasteiger partial charge on any atom is 0.252 e. The SMILES string of the molecule is CN(C)c1ccc(C(=O)NCC[C@@H]2CCCCN2C)cn1. The summed E-state index contributed by atoms with van der Waals surface area (Å²) in [6.45, 7) is 1.90. The second-order valence-corrected chi connectivity index (χ2v) is 5.97. The predicted molar refractivity (Wildman–Crippen MR) is 85.8 cm³/mol. The van der Waals surface area contributed by atoms with Crippen LogP contribution >= 0.6 is 0 Å². The number of hydrogen-bond acceptors (Lipinski definition) is 4. The first kappa shape index (κ1) is 15.8. The maximum atomic E-state index is 12.1. The van der Waals surface area contributed by atoms with Crippen molar-refractivity contribution < 1.29 is 4.79 Å². The third-order valence-electron chi connectivity index (χ3n) is 4.15. The summed E-state index contributed by atoms with van der Waals surface area (Å²) in [5, 5.41) is 3.00. The van der Waals surface area contributed by atoms with E-state index >= 15 is 0 Å². The molecular weight excluding hydrogens is 264 g/mol. The molecule has 0 radical (unpaired) electrons. The molecule has 1 aromatic heterocycles. The minimum atomic E-state index is -0.0359. The van der Waals surface area contributed by atoms with Gasteiger partial charge in [0.1, 0.15) is 5.82 Å². The van der Waals surface area contributed by atoms with Crippen LogP contribution in [0.15, 0.2) is 18.3 Å². The normalized spacial score (nSPS) is 19.3. The van der Waals surface area contributed by atoms with E-state index in [0.717, 1.165) is 18.8 Å². The number of amides is 1. The van der Waals surface area contributed by atoms with E-state index in [1.165, 1.54) is 25.8 Å². The topological polar surface area (TPSA) is 48.5 Å². The number of aromatic nitrogens is 1. The molecule has 0 unspecified atom stereocenters. The van der Waals surface area contributed by atoms with Gasteiger partial charge < -0.3 is 15.1 Å². The number of carbonyl (C=O) groups excluding carboxylic acids is 1. The Kier molecular flexibility index (Phi) is 5.56. The molecule has 1 aromatic rings. The lowest BCUT2D eigenvalue weighted by Gasteiger charge is -2.32. The van der Waals surface area contributed by atoms with Crippen LogP contribution in [0.2, 0.25) is 0 Å². The molecule has 0 bridgehead atoms. The van der Waals surface area contributed by atoms with Gasteiger partial charge in [-0.25, -0.2) is 4.98 Å². The van der Waals surface area contributed by atoms with Gasteiger partial charge in [0.05, 0.1) is 5.56 Å². The van der Waals surface area contributed by atoms with E-state index in [4.69, 9.17) is 0 Å². The van der Waals surface area contributed by atoms with Gasteiger partial charge in [-0.3, -0.25) is 4.79 Å². The summed E-state index contributed by atoms with van der Waals surface area (Å²) in [6, 6.07) is 4.29. The average Bonchev–Trinajstić information content (AvgIpc) is 2.49. The Morgan fingerprint density at radius 1 is 1.43 bits per heavy atom. The quantitative estimate of drug-likeness (QED) is 0.897. The lowest BCUT2D eigenvalue weighted by molar-refractivity contribution is 0.0945. The molecule has 5 nitrogen and oxygen atoms in total. The number of carbonyl (C=O) groups is 1. The Morgan fingerprint density at radius 3 is 2.86 bits per heavy atom. The lowest BCUT2D eigenvalue weighted by atomic mass is 10.0. The standard InChI is InChI=1S/C16H26N4O/c1-19(2)15-8-7-13(12-18-15)16(21)17-10-9-14-6-4-5-11-20(14)3/h7-8,12,14H,4-6,9-11H2,1-3H3,(H,17,21)/t14-/m0/s1. The highest BCUT2D eigenvalue weighted by molar-refractivity contribution is 5.94. The third-order valence-corrected chi connectivity index (χ3v) is 4.15. The van der Waals surface area contributed by atoms with Crippen molar-refractivity contribution in [1.29, 1.82) is 0 Å². The van der Waals surface area contributed by atoms with Crippen LogP contribution in [-0.2, 0) is 0 Å². The van der Waals surface area contributed by atoms with Crippen LogP contribution in [0.5, 0.6) is 0 Å². The van der Waals surface area contributed by atoms with Crippen LogP contribution in [0, 0.1) is 0 Å². The summed E-state index contributed by atoms with van der Waals surface area (Å²) in [4.78, 5) is 20.7. The Balaban J connectivity index is 1.78. The second-order valence-electron chi connectivity index (χ2n) is 5.97. The second kappa shape index (κ2) is 7.41. The van der Waals surface area contributed by atoms with Crippen molar-refractivity contribution in [3.63, 3.8) is 0 Å². The van der Waals surface area contributed by atoms with Gasteiger partial charge >= 0.3 is 0 Å². The predicted octanol–water partition coefficient (Wildman–Crippen LogP) is 1.75. The summed E-state index contributed by atoms with van der Waals surface area (Å²) in [5.41, 5.74) is 0.623. The van der Waals surface area contributed by atoms with Crippen molar-refractivity contribution in [3.8, 4) is 0 Å². The molecule has 2 rings (SSSR count). The molecule has 1 aliphatic heterocycles. The van der Waals surface area contributed by atoms with E-state index in [-0.39, 0.29) is 5.91 Å². The molecule has 1 fully saturated rings. The smallest absolute Gasteiger partial charge is 0.252 e. The monoisotopic (exact) mass is 290 g/mol. The zero-order valence-electron chi connectivity index (χ0n) is 13.3. The molecule has 5 heteroatoms. The molecule has 0 spiro atoms. The van der Waals surface area contributed by atoms with E-state index < -0.39 is 0 Å². The first-order valence-electron chi connectivity index (χ1n) is 7.70. The van der Waals surface area contributed by atoms with E-state index in [0.29, 0.717) is 11.6 Å². The van der Waals surface area contributed by atoms with Gasteiger partial charge in [-0.15, -0.1) is 0 Å². The molecule has 0 aromatic carbocycles. The van der Waals surface area contributed by atoms with Crippen molar-refractivity contribution in [3.05, 3.63) is 23.9 Å². The van der Waals surface area contributed by atoms with Crippen LogP contribution in [0.1, 0.15) is 36.0 Å². The third kappa shape index (κ3) is 4.43. The van der Waals surface area contributed by atoms with Crippen molar-refractivity contribution in [2.75, 3.05) is 39.1 Å². The van der Waals surface area contributed by atoms with Crippen molar-refractivity contribution in [2.45, 2.75) is 31.7 Å².